The number of piperazine rings is 1. The fraction of sp³-hybridized carbons (Fsp3) is 0.400. The van der Waals surface area contributed by atoms with Crippen molar-refractivity contribution in [2.24, 2.45) is 0 Å². The lowest BCUT2D eigenvalue weighted by Gasteiger charge is -2.35. The van der Waals surface area contributed by atoms with Crippen LogP contribution in [-0.2, 0) is 4.74 Å². The number of para-hydroxylation sites is 1. The standard InChI is InChI=1S/C20H25N3O3/c1-2-25-20(24)17-8-9-19(21-16-17)23-12-10-22(11-13-23)14-15-26-18-6-4-3-5-7-18/h3-9,16H,2,10-15H2,1H3. The van der Waals surface area contributed by atoms with Gasteiger partial charge >= 0.3 is 5.97 Å². The van der Waals surface area contributed by atoms with E-state index in [1.807, 2.05) is 36.4 Å². The molecule has 0 unspecified atom stereocenters. The van der Waals surface area contributed by atoms with Gasteiger partial charge in [0.1, 0.15) is 18.2 Å². The van der Waals surface area contributed by atoms with Gasteiger partial charge in [-0.1, -0.05) is 18.2 Å². The van der Waals surface area contributed by atoms with Crippen molar-refractivity contribution in [3.63, 3.8) is 0 Å². The van der Waals surface area contributed by atoms with Gasteiger partial charge in [0.05, 0.1) is 12.2 Å². The van der Waals surface area contributed by atoms with Gasteiger partial charge in [0, 0.05) is 38.9 Å². The molecule has 6 nitrogen and oxygen atoms in total. The summed E-state index contributed by atoms with van der Waals surface area (Å²) in [5.74, 6) is 1.49. The topological polar surface area (TPSA) is 54.9 Å². The van der Waals surface area contributed by atoms with E-state index < -0.39 is 0 Å². The number of pyridine rings is 1. The predicted molar refractivity (Wildman–Crippen MR) is 101 cm³/mol. The normalized spacial score (nSPS) is 14.9. The Kier molecular flexibility index (Phi) is 6.44. The number of hydrogen-bond acceptors (Lipinski definition) is 6. The highest BCUT2D eigenvalue weighted by molar-refractivity contribution is 5.89. The third-order valence-electron chi connectivity index (χ3n) is 4.37. The van der Waals surface area contributed by atoms with E-state index in [9.17, 15) is 4.79 Å². The number of benzene rings is 1. The second kappa shape index (κ2) is 9.20. The van der Waals surface area contributed by atoms with Gasteiger partial charge in [-0.25, -0.2) is 9.78 Å². The highest BCUT2D eigenvalue weighted by Gasteiger charge is 2.18. The minimum absolute atomic E-state index is 0.324. The van der Waals surface area contributed by atoms with Gasteiger partial charge in [-0.15, -0.1) is 0 Å². The van der Waals surface area contributed by atoms with Gasteiger partial charge in [0.2, 0.25) is 0 Å². The van der Waals surface area contributed by atoms with E-state index in [4.69, 9.17) is 9.47 Å². The van der Waals surface area contributed by atoms with Crippen LogP contribution in [0.5, 0.6) is 5.75 Å². The lowest BCUT2D eigenvalue weighted by molar-refractivity contribution is 0.0526. The van der Waals surface area contributed by atoms with Gasteiger partial charge in [-0.3, -0.25) is 4.90 Å². The molecule has 0 aliphatic carbocycles. The molecule has 6 heteroatoms. The molecule has 0 atom stereocenters. The summed E-state index contributed by atoms with van der Waals surface area (Å²) < 4.78 is 10.7. The summed E-state index contributed by atoms with van der Waals surface area (Å²) in [6.07, 6.45) is 1.59. The minimum Gasteiger partial charge on any atom is -0.492 e. The molecule has 3 rings (SSSR count). The van der Waals surface area contributed by atoms with E-state index in [-0.39, 0.29) is 5.97 Å². The molecule has 1 saturated heterocycles. The molecule has 2 aromatic rings. The molecule has 138 valence electrons. The number of carbonyl (C=O) groups excluding carboxylic acids is 1. The van der Waals surface area contributed by atoms with Crippen LogP contribution < -0.4 is 9.64 Å². The van der Waals surface area contributed by atoms with Gasteiger partial charge in [-0.2, -0.15) is 0 Å². The second-order valence-corrected chi connectivity index (χ2v) is 6.12. The maximum atomic E-state index is 11.7. The number of hydrogen-bond donors (Lipinski definition) is 0. The molecule has 26 heavy (non-hydrogen) atoms. The Labute approximate surface area is 154 Å². The monoisotopic (exact) mass is 355 g/mol. The molecule has 1 aliphatic rings. The molecule has 0 amide bonds. The number of rotatable bonds is 7. The highest BCUT2D eigenvalue weighted by atomic mass is 16.5. The molecule has 0 radical (unpaired) electrons. The number of carbonyl (C=O) groups is 1. The first-order valence-corrected chi connectivity index (χ1v) is 9.04. The molecule has 1 aromatic heterocycles. The van der Waals surface area contributed by atoms with Crippen LogP contribution in [0.25, 0.3) is 0 Å². The van der Waals surface area contributed by atoms with Gasteiger partial charge in [0.15, 0.2) is 0 Å². The zero-order valence-electron chi connectivity index (χ0n) is 15.1. The molecule has 0 spiro atoms. The zero-order valence-corrected chi connectivity index (χ0v) is 15.1. The van der Waals surface area contributed by atoms with Crippen molar-refractivity contribution in [3.8, 4) is 5.75 Å². The largest absolute Gasteiger partial charge is 0.492 e. The molecule has 0 saturated carbocycles. The van der Waals surface area contributed by atoms with Gasteiger partial charge in [0.25, 0.3) is 0 Å². The molecule has 1 aliphatic heterocycles. The molecular weight excluding hydrogens is 330 g/mol. The smallest absolute Gasteiger partial charge is 0.339 e. The van der Waals surface area contributed by atoms with Gasteiger partial charge < -0.3 is 14.4 Å². The van der Waals surface area contributed by atoms with E-state index in [1.165, 1.54) is 0 Å². The van der Waals surface area contributed by atoms with Crippen LogP contribution in [-0.4, -0.2) is 61.8 Å². The molecule has 2 heterocycles. The van der Waals surface area contributed by atoms with Crippen molar-refractivity contribution in [2.75, 3.05) is 50.8 Å². The lowest BCUT2D eigenvalue weighted by atomic mass is 10.2. The average Bonchev–Trinajstić information content (AvgIpc) is 2.70. The third kappa shape index (κ3) is 4.95. The first-order chi connectivity index (χ1) is 12.8. The van der Waals surface area contributed by atoms with Crippen LogP contribution in [0.4, 0.5) is 5.82 Å². The summed E-state index contributed by atoms with van der Waals surface area (Å²) in [6.45, 7) is 7.54. The maximum absolute atomic E-state index is 11.7. The van der Waals surface area contributed by atoms with Crippen molar-refractivity contribution in [1.29, 1.82) is 0 Å². The number of aromatic nitrogens is 1. The fourth-order valence-corrected chi connectivity index (χ4v) is 2.92. The van der Waals surface area contributed by atoms with Crippen molar-refractivity contribution < 1.29 is 14.3 Å². The Morgan fingerprint density at radius 1 is 1.08 bits per heavy atom. The van der Waals surface area contributed by atoms with E-state index >= 15 is 0 Å². The minimum atomic E-state index is -0.324. The summed E-state index contributed by atoms with van der Waals surface area (Å²) in [6, 6.07) is 13.6. The van der Waals surface area contributed by atoms with Gasteiger partial charge in [-0.05, 0) is 31.2 Å². The maximum Gasteiger partial charge on any atom is 0.339 e. The summed E-state index contributed by atoms with van der Waals surface area (Å²) in [7, 11) is 0. The van der Waals surface area contributed by atoms with Crippen LogP contribution in [0.1, 0.15) is 17.3 Å². The third-order valence-corrected chi connectivity index (χ3v) is 4.37. The Morgan fingerprint density at radius 2 is 1.85 bits per heavy atom. The Balaban J connectivity index is 1.42. The summed E-state index contributed by atoms with van der Waals surface area (Å²) in [5, 5.41) is 0. The predicted octanol–water partition coefficient (Wildman–Crippen LogP) is 2.46. The number of ether oxygens (including phenoxy) is 2. The van der Waals surface area contributed by atoms with Crippen LogP contribution in [0.15, 0.2) is 48.7 Å². The first kappa shape index (κ1) is 18.2. The number of esters is 1. The van der Waals surface area contributed by atoms with E-state index in [2.05, 4.69) is 14.8 Å². The molecule has 1 aromatic carbocycles. The van der Waals surface area contributed by atoms with Crippen LogP contribution in [0.2, 0.25) is 0 Å². The number of anilines is 1. The fourth-order valence-electron chi connectivity index (χ4n) is 2.92. The summed E-state index contributed by atoms with van der Waals surface area (Å²) >= 11 is 0. The van der Waals surface area contributed by atoms with Crippen molar-refractivity contribution in [2.45, 2.75) is 6.92 Å². The quantitative estimate of drug-likeness (QED) is 0.711. The zero-order chi connectivity index (χ0) is 18.2. The van der Waals surface area contributed by atoms with Crippen molar-refractivity contribution >= 4 is 11.8 Å². The van der Waals surface area contributed by atoms with E-state index in [0.29, 0.717) is 18.8 Å². The Bertz CT molecular complexity index is 683. The van der Waals surface area contributed by atoms with Crippen molar-refractivity contribution in [1.82, 2.24) is 9.88 Å². The Morgan fingerprint density at radius 3 is 2.50 bits per heavy atom. The van der Waals surface area contributed by atoms with E-state index in [0.717, 1.165) is 44.3 Å². The molecular formula is C20H25N3O3. The highest BCUT2D eigenvalue weighted by Crippen LogP contribution is 2.15. The van der Waals surface area contributed by atoms with Crippen molar-refractivity contribution in [3.05, 3.63) is 54.2 Å². The van der Waals surface area contributed by atoms with E-state index in [1.54, 1.807) is 19.2 Å². The molecule has 0 bridgehead atoms. The second-order valence-electron chi connectivity index (χ2n) is 6.12. The molecule has 0 N–H and O–H groups in total. The van der Waals surface area contributed by atoms with Crippen LogP contribution in [0.3, 0.4) is 0 Å². The van der Waals surface area contributed by atoms with Crippen LogP contribution >= 0.6 is 0 Å². The number of nitrogens with zero attached hydrogens (tertiary/aromatic N) is 3. The SMILES string of the molecule is CCOC(=O)c1ccc(N2CCN(CCOc3ccccc3)CC2)nc1. The lowest BCUT2D eigenvalue weighted by Crippen LogP contribution is -2.47. The molecule has 1 fully saturated rings. The Hall–Kier alpha value is -2.60. The summed E-state index contributed by atoms with van der Waals surface area (Å²) in [5.41, 5.74) is 0.493. The first-order valence-electron chi connectivity index (χ1n) is 9.04. The van der Waals surface area contributed by atoms with Crippen LogP contribution in [0, 0.1) is 0 Å². The summed E-state index contributed by atoms with van der Waals surface area (Å²) in [4.78, 5) is 20.7. The average molecular weight is 355 g/mol.